The average Bonchev–Trinajstić information content (AvgIpc) is 2.33. The number of carbonyl (C=O) groups is 1. The minimum Gasteiger partial charge on any atom is -0.337 e. The van der Waals surface area contributed by atoms with E-state index in [-0.39, 0.29) is 30.7 Å². The summed E-state index contributed by atoms with van der Waals surface area (Å²) in [5.41, 5.74) is 0. The normalized spacial score (nSPS) is 29.3. The van der Waals surface area contributed by atoms with Crippen molar-refractivity contribution in [1.82, 2.24) is 15.1 Å². The molecule has 0 aromatic carbocycles. The van der Waals surface area contributed by atoms with Gasteiger partial charge in [0.25, 0.3) is 0 Å². The SMILES string of the molecule is CC1NCCN(C(=O)C2CCN(C)CC2)C1C.Cl.Cl. The summed E-state index contributed by atoms with van der Waals surface area (Å²) < 4.78 is 0. The van der Waals surface area contributed by atoms with E-state index in [1.807, 2.05) is 0 Å². The molecule has 0 saturated carbocycles. The lowest BCUT2D eigenvalue weighted by Gasteiger charge is -2.41. The zero-order valence-electron chi connectivity index (χ0n) is 12.1. The zero-order chi connectivity index (χ0) is 12.4. The van der Waals surface area contributed by atoms with Gasteiger partial charge >= 0.3 is 0 Å². The van der Waals surface area contributed by atoms with Crippen LogP contribution in [-0.2, 0) is 4.79 Å². The van der Waals surface area contributed by atoms with Gasteiger partial charge < -0.3 is 15.1 Å². The molecule has 19 heavy (non-hydrogen) atoms. The minimum absolute atomic E-state index is 0. The Bertz CT molecular complexity index is 283. The predicted molar refractivity (Wildman–Crippen MR) is 83.4 cm³/mol. The van der Waals surface area contributed by atoms with Crippen LogP contribution in [0.2, 0.25) is 0 Å². The quantitative estimate of drug-likeness (QED) is 0.795. The molecule has 2 rings (SSSR count). The molecule has 1 N–H and O–H groups in total. The van der Waals surface area contributed by atoms with Crippen molar-refractivity contribution in [2.24, 2.45) is 5.92 Å². The van der Waals surface area contributed by atoms with Crippen LogP contribution in [0.4, 0.5) is 0 Å². The molecule has 2 heterocycles. The molecule has 0 aromatic heterocycles. The highest BCUT2D eigenvalue weighted by Crippen LogP contribution is 2.21. The molecule has 4 nitrogen and oxygen atoms in total. The van der Waals surface area contributed by atoms with Crippen LogP contribution in [0.15, 0.2) is 0 Å². The van der Waals surface area contributed by atoms with Crippen molar-refractivity contribution in [3.8, 4) is 0 Å². The van der Waals surface area contributed by atoms with Crippen molar-refractivity contribution >= 4 is 30.7 Å². The molecule has 2 atom stereocenters. The van der Waals surface area contributed by atoms with E-state index in [0.717, 1.165) is 39.0 Å². The molecule has 0 aromatic rings. The molecule has 2 saturated heterocycles. The molecule has 0 bridgehead atoms. The number of carbonyl (C=O) groups excluding carboxylic acids is 1. The molecule has 0 radical (unpaired) electrons. The summed E-state index contributed by atoms with van der Waals surface area (Å²) in [6.45, 7) is 8.25. The van der Waals surface area contributed by atoms with Crippen molar-refractivity contribution in [3.05, 3.63) is 0 Å². The Morgan fingerprint density at radius 1 is 1.11 bits per heavy atom. The number of amides is 1. The van der Waals surface area contributed by atoms with Crippen LogP contribution in [-0.4, -0.2) is 61.0 Å². The third-order valence-electron chi connectivity index (χ3n) is 4.39. The van der Waals surface area contributed by atoms with Crippen molar-refractivity contribution in [2.75, 3.05) is 33.2 Å². The van der Waals surface area contributed by atoms with Crippen LogP contribution in [0.3, 0.4) is 0 Å². The van der Waals surface area contributed by atoms with E-state index >= 15 is 0 Å². The van der Waals surface area contributed by atoms with Gasteiger partial charge in [0.05, 0.1) is 0 Å². The second-order valence-electron chi connectivity index (χ2n) is 5.59. The summed E-state index contributed by atoms with van der Waals surface area (Å²) >= 11 is 0. The lowest BCUT2D eigenvalue weighted by molar-refractivity contribution is -0.140. The van der Waals surface area contributed by atoms with Crippen molar-refractivity contribution in [2.45, 2.75) is 38.8 Å². The highest BCUT2D eigenvalue weighted by Gasteiger charge is 2.33. The Labute approximate surface area is 129 Å². The maximum atomic E-state index is 12.5. The summed E-state index contributed by atoms with van der Waals surface area (Å²) in [7, 11) is 2.14. The Morgan fingerprint density at radius 3 is 2.26 bits per heavy atom. The van der Waals surface area contributed by atoms with Gasteiger partial charge in [-0.05, 0) is 46.8 Å². The lowest BCUT2D eigenvalue weighted by Crippen LogP contribution is -2.58. The molecule has 0 spiro atoms. The summed E-state index contributed by atoms with van der Waals surface area (Å²) in [4.78, 5) is 16.9. The molecular formula is C13H27Cl2N3O. The van der Waals surface area contributed by atoms with Crippen molar-refractivity contribution in [3.63, 3.8) is 0 Å². The summed E-state index contributed by atoms with van der Waals surface area (Å²) in [6, 6.07) is 0.745. The van der Waals surface area contributed by atoms with Gasteiger partial charge in [-0.2, -0.15) is 0 Å². The van der Waals surface area contributed by atoms with Crippen LogP contribution in [0.5, 0.6) is 0 Å². The fourth-order valence-electron chi connectivity index (χ4n) is 2.86. The third-order valence-corrected chi connectivity index (χ3v) is 4.39. The van der Waals surface area contributed by atoms with Gasteiger partial charge in [-0.25, -0.2) is 0 Å². The van der Waals surface area contributed by atoms with E-state index in [0.29, 0.717) is 18.0 Å². The first-order chi connectivity index (χ1) is 8.09. The second-order valence-corrected chi connectivity index (χ2v) is 5.59. The topological polar surface area (TPSA) is 35.6 Å². The number of hydrogen-bond acceptors (Lipinski definition) is 3. The number of rotatable bonds is 1. The maximum Gasteiger partial charge on any atom is 0.226 e. The summed E-state index contributed by atoms with van der Waals surface area (Å²) in [5, 5.41) is 3.42. The summed E-state index contributed by atoms with van der Waals surface area (Å²) in [6.07, 6.45) is 2.06. The van der Waals surface area contributed by atoms with E-state index in [9.17, 15) is 4.79 Å². The molecule has 2 fully saturated rings. The van der Waals surface area contributed by atoms with Gasteiger partial charge in [-0.1, -0.05) is 0 Å². The number of likely N-dealkylation sites (tertiary alicyclic amines) is 1. The van der Waals surface area contributed by atoms with E-state index in [4.69, 9.17) is 0 Å². The van der Waals surface area contributed by atoms with Crippen LogP contribution in [0, 0.1) is 5.92 Å². The number of nitrogens with one attached hydrogen (secondary N) is 1. The Kier molecular flexibility index (Phi) is 8.29. The molecular weight excluding hydrogens is 285 g/mol. The van der Waals surface area contributed by atoms with Crippen LogP contribution in [0.1, 0.15) is 26.7 Å². The fraction of sp³-hybridized carbons (Fsp3) is 0.923. The van der Waals surface area contributed by atoms with Gasteiger partial charge in [0.2, 0.25) is 5.91 Å². The standard InChI is InChI=1S/C13H25N3O.2ClH/c1-10-11(2)16(9-6-14-10)13(17)12-4-7-15(3)8-5-12;;/h10-12,14H,4-9H2,1-3H3;2*1H. The second kappa shape index (κ2) is 8.30. The van der Waals surface area contributed by atoms with Gasteiger partial charge in [0.15, 0.2) is 0 Å². The molecule has 114 valence electrons. The third kappa shape index (κ3) is 4.48. The predicted octanol–water partition coefficient (Wildman–Crippen LogP) is 1.38. The molecule has 2 unspecified atom stereocenters. The smallest absolute Gasteiger partial charge is 0.226 e. The molecule has 0 aliphatic carbocycles. The van der Waals surface area contributed by atoms with Gasteiger partial charge in [0, 0.05) is 31.1 Å². The highest BCUT2D eigenvalue weighted by atomic mass is 35.5. The van der Waals surface area contributed by atoms with Gasteiger partial charge in [-0.3, -0.25) is 4.79 Å². The van der Waals surface area contributed by atoms with Crippen LogP contribution in [0.25, 0.3) is 0 Å². The molecule has 2 aliphatic heterocycles. The van der Waals surface area contributed by atoms with E-state index in [1.165, 1.54) is 0 Å². The van der Waals surface area contributed by atoms with Crippen molar-refractivity contribution in [1.29, 1.82) is 0 Å². The number of piperazine rings is 1. The van der Waals surface area contributed by atoms with Gasteiger partial charge in [-0.15, -0.1) is 24.8 Å². The van der Waals surface area contributed by atoms with Gasteiger partial charge in [0.1, 0.15) is 0 Å². The minimum atomic E-state index is 0. The Balaban J connectivity index is 0.00000162. The number of piperidine rings is 1. The molecule has 6 heteroatoms. The highest BCUT2D eigenvalue weighted by molar-refractivity contribution is 5.85. The van der Waals surface area contributed by atoms with E-state index < -0.39 is 0 Å². The molecule has 1 amide bonds. The van der Waals surface area contributed by atoms with Crippen molar-refractivity contribution < 1.29 is 4.79 Å². The maximum absolute atomic E-state index is 12.5. The number of halogens is 2. The number of nitrogens with zero attached hydrogens (tertiary/aromatic N) is 2. The van der Waals surface area contributed by atoms with Crippen LogP contribution >= 0.6 is 24.8 Å². The Hall–Kier alpha value is -0.0300. The lowest BCUT2D eigenvalue weighted by atomic mass is 9.94. The first-order valence-corrected chi connectivity index (χ1v) is 6.82. The first kappa shape index (κ1) is 19.0. The largest absolute Gasteiger partial charge is 0.337 e. The van der Waals surface area contributed by atoms with E-state index in [1.54, 1.807) is 0 Å². The number of hydrogen-bond donors (Lipinski definition) is 1. The summed E-state index contributed by atoms with van der Waals surface area (Å²) in [5.74, 6) is 0.651. The van der Waals surface area contributed by atoms with E-state index in [2.05, 4.69) is 36.0 Å². The molecule has 2 aliphatic rings. The fourth-order valence-corrected chi connectivity index (χ4v) is 2.86. The zero-order valence-corrected chi connectivity index (χ0v) is 13.7. The first-order valence-electron chi connectivity index (χ1n) is 6.82. The van der Waals surface area contributed by atoms with Crippen LogP contribution < -0.4 is 5.32 Å². The Morgan fingerprint density at radius 2 is 1.68 bits per heavy atom. The average molecular weight is 312 g/mol. The monoisotopic (exact) mass is 311 g/mol.